The second-order valence-electron chi connectivity index (χ2n) is 10.4. The van der Waals surface area contributed by atoms with Gasteiger partial charge in [-0.15, -0.1) is 0 Å². The standard InChI is InChI=1S/C29H36N2O6SSi/c1-29(2,3)39(25-16-10-6-11-17-25,26-18-12-7-13-19-26)37-22-24(20-27(32)31-38(4,34)35)30-28(33)36-21-23-14-8-5-9-15-23/h5-19,24H,20-22H2,1-4H3,(H,30,33)(H,31,32)/t24-/m0/s1. The van der Waals surface area contributed by atoms with Crippen LogP contribution in [0, 0.1) is 0 Å². The molecule has 0 aromatic heterocycles. The summed E-state index contributed by atoms with van der Waals surface area (Å²) in [5.41, 5.74) is 0.808. The number of rotatable bonds is 11. The number of ether oxygens (including phenoxy) is 1. The first-order chi connectivity index (χ1) is 18.4. The van der Waals surface area contributed by atoms with Gasteiger partial charge < -0.3 is 14.5 Å². The Morgan fingerprint density at radius 3 is 1.79 bits per heavy atom. The molecule has 8 nitrogen and oxygen atoms in total. The summed E-state index contributed by atoms with van der Waals surface area (Å²) in [7, 11) is -6.75. The molecule has 0 radical (unpaired) electrons. The Labute approximate surface area is 231 Å². The normalized spacial score (nSPS) is 12.8. The first-order valence-corrected chi connectivity index (χ1v) is 16.4. The van der Waals surface area contributed by atoms with E-state index in [0.717, 1.165) is 22.2 Å². The van der Waals surface area contributed by atoms with Gasteiger partial charge in [0.25, 0.3) is 8.32 Å². The van der Waals surface area contributed by atoms with Crippen LogP contribution in [0.3, 0.4) is 0 Å². The number of alkyl carbamates (subject to hydrolysis) is 1. The molecule has 0 aliphatic carbocycles. The van der Waals surface area contributed by atoms with E-state index in [4.69, 9.17) is 9.16 Å². The molecule has 0 unspecified atom stereocenters. The number of carbonyl (C=O) groups excluding carboxylic acids is 2. The number of amides is 2. The lowest BCUT2D eigenvalue weighted by molar-refractivity contribution is -0.119. The van der Waals surface area contributed by atoms with E-state index < -0.39 is 36.4 Å². The maximum atomic E-state index is 12.7. The van der Waals surface area contributed by atoms with Crippen molar-refractivity contribution in [1.29, 1.82) is 0 Å². The maximum Gasteiger partial charge on any atom is 0.407 e. The van der Waals surface area contributed by atoms with Gasteiger partial charge in [-0.3, -0.25) is 9.52 Å². The van der Waals surface area contributed by atoms with Crippen LogP contribution < -0.4 is 20.4 Å². The highest BCUT2D eigenvalue weighted by molar-refractivity contribution is 7.89. The molecule has 2 N–H and O–H groups in total. The zero-order valence-corrected chi connectivity index (χ0v) is 24.5. The molecule has 2 amide bonds. The molecule has 3 aromatic rings. The van der Waals surface area contributed by atoms with Gasteiger partial charge in [0.15, 0.2) is 0 Å². The highest BCUT2D eigenvalue weighted by Gasteiger charge is 2.50. The van der Waals surface area contributed by atoms with Crippen molar-refractivity contribution in [3.63, 3.8) is 0 Å². The average Bonchev–Trinajstić information content (AvgIpc) is 2.88. The summed E-state index contributed by atoms with van der Waals surface area (Å²) >= 11 is 0. The van der Waals surface area contributed by atoms with E-state index >= 15 is 0 Å². The van der Waals surface area contributed by atoms with E-state index in [0.29, 0.717) is 0 Å². The molecular weight excluding hydrogens is 532 g/mol. The van der Waals surface area contributed by atoms with Crippen molar-refractivity contribution in [2.45, 2.75) is 44.9 Å². The van der Waals surface area contributed by atoms with E-state index in [1.165, 1.54) is 0 Å². The van der Waals surface area contributed by atoms with E-state index in [-0.39, 0.29) is 24.7 Å². The molecule has 0 fully saturated rings. The van der Waals surface area contributed by atoms with Gasteiger partial charge in [0.05, 0.1) is 25.3 Å². The van der Waals surface area contributed by atoms with Crippen LogP contribution >= 0.6 is 0 Å². The van der Waals surface area contributed by atoms with E-state index in [1.54, 1.807) is 0 Å². The molecule has 10 heteroatoms. The Balaban J connectivity index is 1.90. The fraction of sp³-hybridized carbons (Fsp3) is 0.310. The minimum absolute atomic E-state index is 0.0368. The molecule has 0 aliphatic heterocycles. The van der Waals surface area contributed by atoms with Gasteiger partial charge in [0.2, 0.25) is 15.9 Å². The second kappa shape index (κ2) is 13.1. The SMILES string of the molecule is CC(C)(C)[Si](OC[C@H](CC(=O)NS(C)(=O)=O)NC(=O)OCc1ccccc1)(c1ccccc1)c1ccccc1. The largest absolute Gasteiger partial charge is 0.445 e. The zero-order valence-electron chi connectivity index (χ0n) is 22.7. The van der Waals surface area contributed by atoms with Crippen LogP contribution in [0.2, 0.25) is 5.04 Å². The van der Waals surface area contributed by atoms with E-state index in [9.17, 15) is 18.0 Å². The molecule has 39 heavy (non-hydrogen) atoms. The van der Waals surface area contributed by atoms with Gasteiger partial charge in [-0.2, -0.15) is 0 Å². The number of hydrogen-bond donors (Lipinski definition) is 2. The first kappa shape index (κ1) is 30.1. The van der Waals surface area contributed by atoms with Crippen molar-refractivity contribution in [3.05, 3.63) is 96.6 Å². The molecule has 0 aliphatic rings. The number of benzene rings is 3. The summed E-state index contributed by atoms with van der Waals surface area (Å²) in [5, 5.41) is 4.45. The molecule has 1 atom stereocenters. The Hall–Kier alpha value is -3.47. The Kier molecular flexibility index (Phi) is 10.1. The third-order valence-electron chi connectivity index (χ3n) is 6.18. The maximum absolute atomic E-state index is 12.7. The number of hydrogen-bond acceptors (Lipinski definition) is 6. The van der Waals surface area contributed by atoms with Crippen LogP contribution in [0.15, 0.2) is 91.0 Å². The van der Waals surface area contributed by atoms with Gasteiger partial charge in [-0.1, -0.05) is 112 Å². The third kappa shape index (κ3) is 8.51. The molecule has 3 aromatic carbocycles. The van der Waals surface area contributed by atoms with Crippen LogP contribution in [-0.2, 0) is 30.6 Å². The fourth-order valence-electron chi connectivity index (χ4n) is 4.54. The summed E-state index contributed by atoms with van der Waals surface area (Å²) in [5.74, 6) is -0.753. The van der Waals surface area contributed by atoms with Crippen molar-refractivity contribution < 1.29 is 27.2 Å². The van der Waals surface area contributed by atoms with Gasteiger partial charge in [-0.05, 0) is 21.0 Å². The minimum Gasteiger partial charge on any atom is -0.445 e. The van der Waals surface area contributed by atoms with Gasteiger partial charge in [-0.25, -0.2) is 13.2 Å². The fourth-order valence-corrected chi connectivity index (χ4v) is 9.65. The molecule has 0 saturated heterocycles. The van der Waals surface area contributed by atoms with Crippen LogP contribution in [0.25, 0.3) is 0 Å². The molecular formula is C29H36N2O6SSi. The number of nitrogens with one attached hydrogen (secondary N) is 2. The topological polar surface area (TPSA) is 111 Å². The van der Waals surface area contributed by atoms with Crippen LogP contribution in [0.5, 0.6) is 0 Å². The van der Waals surface area contributed by atoms with Crippen molar-refractivity contribution in [2.24, 2.45) is 0 Å². The number of sulfonamides is 1. The smallest absolute Gasteiger partial charge is 0.407 e. The molecule has 0 heterocycles. The highest BCUT2D eigenvalue weighted by atomic mass is 32.2. The van der Waals surface area contributed by atoms with Crippen LogP contribution in [0.4, 0.5) is 4.79 Å². The molecule has 0 spiro atoms. The summed E-state index contributed by atoms with van der Waals surface area (Å²) in [4.78, 5) is 25.3. The molecule has 0 saturated carbocycles. The Bertz CT molecular complexity index is 1290. The second-order valence-corrected chi connectivity index (χ2v) is 16.4. The monoisotopic (exact) mass is 568 g/mol. The lowest BCUT2D eigenvalue weighted by Gasteiger charge is -2.43. The van der Waals surface area contributed by atoms with Crippen LogP contribution in [0.1, 0.15) is 32.8 Å². The van der Waals surface area contributed by atoms with E-state index in [2.05, 4.69) is 26.1 Å². The van der Waals surface area contributed by atoms with Crippen molar-refractivity contribution in [2.75, 3.05) is 12.9 Å². The molecule has 3 rings (SSSR count). The highest BCUT2D eigenvalue weighted by Crippen LogP contribution is 2.36. The predicted molar refractivity (Wildman–Crippen MR) is 155 cm³/mol. The van der Waals surface area contributed by atoms with Gasteiger partial charge >= 0.3 is 6.09 Å². The van der Waals surface area contributed by atoms with Crippen molar-refractivity contribution >= 4 is 40.7 Å². The third-order valence-corrected chi connectivity index (χ3v) is 11.8. The molecule has 0 bridgehead atoms. The average molecular weight is 569 g/mol. The minimum atomic E-state index is -3.77. The van der Waals surface area contributed by atoms with Crippen molar-refractivity contribution in [3.8, 4) is 0 Å². The lowest BCUT2D eigenvalue weighted by Crippen LogP contribution is -2.67. The van der Waals surface area contributed by atoms with Gasteiger partial charge in [0, 0.05) is 0 Å². The zero-order chi connectivity index (χ0) is 28.5. The van der Waals surface area contributed by atoms with Gasteiger partial charge in [0.1, 0.15) is 6.61 Å². The Morgan fingerprint density at radius 2 is 1.33 bits per heavy atom. The summed E-state index contributed by atoms with van der Waals surface area (Å²) in [6, 6.07) is 28.3. The Morgan fingerprint density at radius 1 is 0.846 bits per heavy atom. The molecule has 208 valence electrons. The van der Waals surface area contributed by atoms with Crippen molar-refractivity contribution in [1.82, 2.24) is 10.0 Å². The predicted octanol–water partition coefficient (Wildman–Crippen LogP) is 3.32. The van der Waals surface area contributed by atoms with Crippen LogP contribution in [-0.4, -0.2) is 47.6 Å². The quantitative estimate of drug-likeness (QED) is 0.344. The van der Waals surface area contributed by atoms with E-state index in [1.807, 2.05) is 95.7 Å². The number of carbonyl (C=O) groups is 2. The summed E-state index contributed by atoms with van der Waals surface area (Å²) in [6.07, 6.45) is -0.145. The lowest BCUT2D eigenvalue weighted by atomic mass is 10.2. The summed E-state index contributed by atoms with van der Waals surface area (Å²) in [6.45, 7) is 6.36. The summed E-state index contributed by atoms with van der Waals surface area (Å²) < 4.78 is 37.5. The first-order valence-electron chi connectivity index (χ1n) is 12.6.